The minimum absolute atomic E-state index is 0.0396. The van der Waals surface area contributed by atoms with Gasteiger partial charge in [0.05, 0.1) is 24.4 Å². The summed E-state index contributed by atoms with van der Waals surface area (Å²) in [4.78, 5) is 4.01. The molecule has 1 aromatic rings. The molecule has 0 amide bonds. The van der Waals surface area contributed by atoms with Crippen LogP contribution in [0.15, 0.2) is 18.3 Å². The van der Waals surface area contributed by atoms with Crippen LogP contribution in [0.1, 0.15) is 24.2 Å². The SMILES string of the molecule is CC(O)C(N)c1cc(CO)ccn1. The fraction of sp³-hybridized carbons (Fsp3) is 0.444. The molecule has 0 saturated heterocycles. The summed E-state index contributed by atoms with van der Waals surface area (Å²) in [6.07, 6.45) is 0.935. The molecule has 0 radical (unpaired) electrons. The third kappa shape index (κ3) is 2.48. The molecule has 4 heteroatoms. The second kappa shape index (κ2) is 4.32. The van der Waals surface area contributed by atoms with Crippen LogP contribution in [0.2, 0.25) is 0 Å². The topological polar surface area (TPSA) is 79.4 Å². The maximum absolute atomic E-state index is 9.21. The molecule has 72 valence electrons. The molecule has 1 aromatic heterocycles. The Morgan fingerprint density at radius 2 is 2.31 bits per heavy atom. The first-order valence-corrected chi connectivity index (χ1v) is 4.14. The Hall–Kier alpha value is -0.970. The largest absolute Gasteiger partial charge is 0.392 e. The van der Waals surface area contributed by atoms with E-state index in [9.17, 15) is 5.11 Å². The second-order valence-corrected chi connectivity index (χ2v) is 3.01. The lowest BCUT2D eigenvalue weighted by atomic mass is 10.1. The molecule has 1 heterocycles. The van der Waals surface area contributed by atoms with Gasteiger partial charge in [-0.1, -0.05) is 0 Å². The highest BCUT2D eigenvalue weighted by Gasteiger charge is 2.13. The van der Waals surface area contributed by atoms with Crippen LogP contribution in [0, 0.1) is 0 Å². The molecule has 0 bridgehead atoms. The number of nitrogens with two attached hydrogens (primary N) is 1. The van der Waals surface area contributed by atoms with Crippen molar-refractivity contribution < 1.29 is 10.2 Å². The number of hydrogen-bond donors (Lipinski definition) is 3. The number of nitrogens with zero attached hydrogens (tertiary/aromatic N) is 1. The summed E-state index contributed by atoms with van der Waals surface area (Å²) in [5, 5.41) is 18.1. The third-order valence-corrected chi connectivity index (χ3v) is 1.89. The lowest BCUT2D eigenvalue weighted by molar-refractivity contribution is 0.162. The summed E-state index contributed by atoms with van der Waals surface area (Å²) in [6, 6.07) is 2.90. The van der Waals surface area contributed by atoms with Crippen LogP contribution in [-0.2, 0) is 6.61 Å². The minimum Gasteiger partial charge on any atom is -0.392 e. The van der Waals surface area contributed by atoms with E-state index in [1.807, 2.05) is 0 Å². The Bertz CT molecular complexity index is 276. The molecule has 1 rings (SSSR count). The Kier molecular flexibility index (Phi) is 3.36. The van der Waals surface area contributed by atoms with Crippen LogP contribution in [0.5, 0.6) is 0 Å². The molecular formula is C9H14N2O2. The van der Waals surface area contributed by atoms with E-state index < -0.39 is 12.1 Å². The summed E-state index contributed by atoms with van der Waals surface area (Å²) in [7, 11) is 0. The summed E-state index contributed by atoms with van der Waals surface area (Å²) < 4.78 is 0. The van der Waals surface area contributed by atoms with Gasteiger partial charge >= 0.3 is 0 Å². The summed E-state index contributed by atoms with van der Waals surface area (Å²) in [6.45, 7) is 1.57. The van der Waals surface area contributed by atoms with Crippen LogP contribution in [0.25, 0.3) is 0 Å². The van der Waals surface area contributed by atoms with Gasteiger partial charge in [0, 0.05) is 6.20 Å². The van der Waals surface area contributed by atoms with Gasteiger partial charge in [0.2, 0.25) is 0 Å². The number of rotatable bonds is 3. The van der Waals surface area contributed by atoms with Crippen molar-refractivity contribution in [2.75, 3.05) is 0 Å². The molecule has 0 aliphatic carbocycles. The van der Waals surface area contributed by atoms with Crippen molar-refractivity contribution in [3.05, 3.63) is 29.6 Å². The van der Waals surface area contributed by atoms with Crippen LogP contribution < -0.4 is 5.73 Å². The normalized spacial score (nSPS) is 15.4. The Morgan fingerprint density at radius 1 is 1.62 bits per heavy atom. The van der Waals surface area contributed by atoms with Gasteiger partial charge in [0.15, 0.2) is 0 Å². The highest BCUT2D eigenvalue weighted by atomic mass is 16.3. The zero-order chi connectivity index (χ0) is 9.84. The number of hydrogen-bond acceptors (Lipinski definition) is 4. The molecule has 2 atom stereocenters. The Labute approximate surface area is 77.0 Å². The van der Waals surface area contributed by atoms with Gasteiger partial charge in [-0.05, 0) is 24.6 Å². The maximum atomic E-state index is 9.21. The molecule has 0 aliphatic heterocycles. The molecule has 0 fully saturated rings. The van der Waals surface area contributed by atoms with Crippen molar-refractivity contribution >= 4 is 0 Å². The molecule has 0 saturated carbocycles. The van der Waals surface area contributed by atoms with Gasteiger partial charge in [-0.2, -0.15) is 0 Å². The molecular weight excluding hydrogens is 168 g/mol. The van der Waals surface area contributed by atoms with Gasteiger partial charge < -0.3 is 15.9 Å². The van der Waals surface area contributed by atoms with Crippen LogP contribution in [0.3, 0.4) is 0 Å². The highest BCUT2D eigenvalue weighted by molar-refractivity contribution is 5.18. The Balaban J connectivity index is 2.88. The monoisotopic (exact) mass is 182 g/mol. The van der Waals surface area contributed by atoms with E-state index in [2.05, 4.69) is 4.98 Å². The van der Waals surface area contributed by atoms with Crippen LogP contribution in [0.4, 0.5) is 0 Å². The summed E-state index contributed by atoms with van der Waals surface area (Å²) >= 11 is 0. The lowest BCUT2D eigenvalue weighted by Crippen LogP contribution is -2.24. The number of aliphatic hydroxyl groups is 2. The fourth-order valence-corrected chi connectivity index (χ4v) is 1.02. The summed E-state index contributed by atoms with van der Waals surface area (Å²) in [5.41, 5.74) is 7.02. The van der Waals surface area contributed by atoms with Crippen LogP contribution >= 0.6 is 0 Å². The predicted molar refractivity (Wildman–Crippen MR) is 48.8 cm³/mol. The second-order valence-electron chi connectivity index (χ2n) is 3.01. The highest BCUT2D eigenvalue weighted by Crippen LogP contribution is 2.12. The average Bonchev–Trinajstić information content (AvgIpc) is 2.16. The first kappa shape index (κ1) is 10.1. The van der Waals surface area contributed by atoms with Gasteiger partial charge in [-0.3, -0.25) is 4.98 Å². The number of pyridine rings is 1. The number of aliphatic hydroxyl groups excluding tert-OH is 2. The van der Waals surface area contributed by atoms with E-state index in [4.69, 9.17) is 10.8 Å². The van der Waals surface area contributed by atoms with Crippen molar-refractivity contribution in [3.8, 4) is 0 Å². The molecule has 2 unspecified atom stereocenters. The molecule has 4 nitrogen and oxygen atoms in total. The molecule has 0 spiro atoms. The van der Waals surface area contributed by atoms with Gasteiger partial charge in [-0.15, -0.1) is 0 Å². The van der Waals surface area contributed by atoms with E-state index in [0.29, 0.717) is 5.69 Å². The van der Waals surface area contributed by atoms with Gasteiger partial charge in [-0.25, -0.2) is 0 Å². The third-order valence-electron chi connectivity index (χ3n) is 1.89. The molecule has 4 N–H and O–H groups in total. The minimum atomic E-state index is -0.638. The zero-order valence-corrected chi connectivity index (χ0v) is 7.51. The predicted octanol–water partition coefficient (Wildman–Crippen LogP) is -0.0455. The molecule has 0 aromatic carbocycles. The van der Waals surface area contributed by atoms with Crippen molar-refractivity contribution in [2.24, 2.45) is 5.73 Å². The van der Waals surface area contributed by atoms with Gasteiger partial charge in [0.1, 0.15) is 0 Å². The smallest absolute Gasteiger partial charge is 0.0731 e. The average molecular weight is 182 g/mol. The van der Waals surface area contributed by atoms with E-state index in [0.717, 1.165) is 5.56 Å². The van der Waals surface area contributed by atoms with Crippen molar-refractivity contribution in [1.82, 2.24) is 4.98 Å². The van der Waals surface area contributed by atoms with E-state index in [-0.39, 0.29) is 6.61 Å². The summed E-state index contributed by atoms with van der Waals surface area (Å²) in [5.74, 6) is 0. The first-order valence-electron chi connectivity index (χ1n) is 4.14. The van der Waals surface area contributed by atoms with Crippen LogP contribution in [-0.4, -0.2) is 21.3 Å². The molecule has 13 heavy (non-hydrogen) atoms. The quantitative estimate of drug-likeness (QED) is 0.612. The first-order chi connectivity index (χ1) is 6.15. The van der Waals surface area contributed by atoms with E-state index in [1.165, 1.54) is 0 Å². The van der Waals surface area contributed by atoms with E-state index in [1.54, 1.807) is 25.3 Å². The number of aromatic nitrogens is 1. The zero-order valence-electron chi connectivity index (χ0n) is 7.51. The Morgan fingerprint density at radius 3 is 2.85 bits per heavy atom. The maximum Gasteiger partial charge on any atom is 0.0731 e. The van der Waals surface area contributed by atoms with Gasteiger partial charge in [0.25, 0.3) is 0 Å². The lowest BCUT2D eigenvalue weighted by Gasteiger charge is -2.14. The van der Waals surface area contributed by atoms with Crippen molar-refractivity contribution in [3.63, 3.8) is 0 Å². The molecule has 0 aliphatic rings. The van der Waals surface area contributed by atoms with Crippen molar-refractivity contribution in [1.29, 1.82) is 0 Å². The standard InChI is InChI=1S/C9H14N2O2/c1-6(13)9(10)8-4-7(5-12)2-3-11-8/h2-4,6,9,12-13H,5,10H2,1H3. The fourth-order valence-electron chi connectivity index (χ4n) is 1.02. The van der Waals surface area contributed by atoms with E-state index >= 15 is 0 Å². The van der Waals surface area contributed by atoms with Crippen molar-refractivity contribution in [2.45, 2.75) is 25.7 Å².